The minimum absolute atomic E-state index is 0.0654. The Bertz CT molecular complexity index is 709. The molecule has 9 heteroatoms. The van der Waals surface area contributed by atoms with Crippen LogP contribution in [-0.4, -0.2) is 45.2 Å². The fourth-order valence-corrected chi connectivity index (χ4v) is 8.14. The van der Waals surface area contributed by atoms with Gasteiger partial charge in [-0.1, -0.05) is 13.8 Å². The van der Waals surface area contributed by atoms with Gasteiger partial charge in [-0.25, -0.2) is 16.8 Å². The highest BCUT2D eigenvalue weighted by molar-refractivity contribution is 9.11. The molecule has 1 aliphatic rings. The number of sulfone groups is 1. The summed E-state index contributed by atoms with van der Waals surface area (Å²) in [5.74, 6) is 0.119. The maximum Gasteiger partial charge on any atom is 0.252 e. The molecule has 2 heterocycles. The van der Waals surface area contributed by atoms with Crippen LogP contribution in [0.15, 0.2) is 20.1 Å². The maximum atomic E-state index is 12.8. The molecule has 0 aromatic carbocycles. The van der Waals surface area contributed by atoms with Gasteiger partial charge in [0, 0.05) is 12.6 Å². The molecule has 1 aromatic heterocycles. The molecule has 0 amide bonds. The molecule has 0 spiro atoms. The van der Waals surface area contributed by atoms with Crippen molar-refractivity contribution in [2.75, 3.05) is 18.1 Å². The third-order valence-electron chi connectivity index (χ3n) is 3.27. The van der Waals surface area contributed by atoms with E-state index in [4.69, 9.17) is 0 Å². The number of halogens is 1. The normalized spacial score (nSPS) is 22.2. The first kappa shape index (κ1) is 17.4. The summed E-state index contributed by atoms with van der Waals surface area (Å²) in [4.78, 5) is 0. The lowest BCUT2D eigenvalue weighted by molar-refractivity contribution is 0.308. The molecule has 1 aromatic rings. The van der Waals surface area contributed by atoms with E-state index < -0.39 is 25.9 Å². The Balaban J connectivity index is 2.36. The minimum atomic E-state index is -3.65. The molecule has 0 saturated carbocycles. The second kappa shape index (κ2) is 6.27. The summed E-state index contributed by atoms with van der Waals surface area (Å²) in [5.41, 5.74) is 0. The third-order valence-corrected chi connectivity index (χ3v) is 9.03. The van der Waals surface area contributed by atoms with Crippen LogP contribution < -0.4 is 0 Å². The van der Waals surface area contributed by atoms with Crippen molar-refractivity contribution in [2.24, 2.45) is 5.92 Å². The highest BCUT2D eigenvalue weighted by atomic mass is 79.9. The SMILES string of the molecule is CC(C)CN([C@H]1CCS(=O)(=O)C1)S(=O)(=O)c1ccc(Br)s1. The van der Waals surface area contributed by atoms with Crippen molar-refractivity contribution in [1.29, 1.82) is 0 Å². The summed E-state index contributed by atoms with van der Waals surface area (Å²) in [7, 11) is -6.78. The number of hydrogen-bond acceptors (Lipinski definition) is 5. The van der Waals surface area contributed by atoms with Gasteiger partial charge in [0.1, 0.15) is 4.21 Å². The first-order valence-electron chi connectivity index (χ1n) is 6.59. The van der Waals surface area contributed by atoms with Gasteiger partial charge in [0.25, 0.3) is 10.0 Å². The molecule has 0 N–H and O–H groups in total. The van der Waals surface area contributed by atoms with Crippen LogP contribution in [0.25, 0.3) is 0 Å². The van der Waals surface area contributed by atoms with Crippen molar-refractivity contribution in [3.8, 4) is 0 Å². The lowest BCUT2D eigenvalue weighted by Gasteiger charge is -2.28. The maximum absolute atomic E-state index is 12.8. The summed E-state index contributed by atoms with van der Waals surface area (Å²) in [6, 6.07) is 2.79. The first-order chi connectivity index (χ1) is 9.62. The minimum Gasteiger partial charge on any atom is -0.229 e. The average molecular weight is 416 g/mol. The van der Waals surface area contributed by atoms with E-state index >= 15 is 0 Å². The van der Waals surface area contributed by atoms with Gasteiger partial charge in [-0.15, -0.1) is 11.3 Å². The number of thiophene rings is 1. The molecule has 2 rings (SSSR count). The molecular weight excluding hydrogens is 398 g/mol. The van der Waals surface area contributed by atoms with E-state index in [-0.39, 0.29) is 21.6 Å². The number of hydrogen-bond donors (Lipinski definition) is 0. The molecule has 1 aliphatic heterocycles. The van der Waals surface area contributed by atoms with Crippen LogP contribution in [0, 0.1) is 5.92 Å². The Morgan fingerprint density at radius 3 is 2.52 bits per heavy atom. The van der Waals surface area contributed by atoms with E-state index in [1.165, 1.54) is 4.31 Å². The summed E-state index contributed by atoms with van der Waals surface area (Å²) in [6.07, 6.45) is 0.376. The van der Waals surface area contributed by atoms with Crippen molar-refractivity contribution in [1.82, 2.24) is 4.31 Å². The predicted molar refractivity (Wildman–Crippen MR) is 87.8 cm³/mol. The second-order valence-corrected chi connectivity index (χ2v) is 12.4. The molecule has 5 nitrogen and oxygen atoms in total. The van der Waals surface area contributed by atoms with Crippen LogP contribution in [0.3, 0.4) is 0 Å². The van der Waals surface area contributed by atoms with Crippen molar-refractivity contribution in [2.45, 2.75) is 30.5 Å². The predicted octanol–water partition coefficient (Wildman–Crippen LogP) is 2.34. The molecule has 1 fully saturated rings. The van der Waals surface area contributed by atoms with E-state index in [0.717, 1.165) is 15.1 Å². The molecule has 1 atom stereocenters. The van der Waals surface area contributed by atoms with E-state index in [0.29, 0.717) is 13.0 Å². The Hall–Kier alpha value is 0.0400. The van der Waals surface area contributed by atoms with Crippen LogP contribution >= 0.6 is 27.3 Å². The topological polar surface area (TPSA) is 71.5 Å². The van der Waals surface area contributed by atoms with Gasteiger partial charge in [-0.05, 0) is 40.4 Å². The average Bonchev–Trinajstić information content (AvgIpc) is 2.92. The van der Waals surface area contributed by atoms with E-state index in [1.54, 1.807) is 12.1 Å². The Morgan fingerprint density at radius 1 is 1.43 bits per heavy atom. The van der Waals surface area contributed by atoms with Gasteiger partial charge >= 0.3 is 0 Å². The zero-order valence-electron chi connectivity index (χ0n) is 11.8. The van der Waals surface area contributed by atoms with Crippen molar-refractivity contribution < 1.29 is 16.8 Å². The zero-order valence-corrected chi connectivity index (χ0v) is 15.9. The Morgan fingerprint density at radius 2 is 2.10 bits per heavy atom. The van der Waals surface area contributed by atoms with Gasteiger partial charge in [0.15, 0.2) is 9.84 Å². The second-order valence-electron chi connectivity index (χ2n) is 5.58. The largest absolute Gasteiger partial charge is 0.252 e. The molecule has 0 unspecified atom stereocenters. The monoisotopic (exact) mass is 415 g/mol. The highest BCUT2D eigenvalue weighted by Crippen LogP contribution is 2.32. The smallest absolute Gasteiger partial charge is 0.229 e. The van der Waals surface area contributed by atoms with Crippen LogP contribution in [0.5, 0.6) is 0 Å². The van der Waals surface area contributed by atoms with Gasteiger partial charge in [-0.3, -0.25) is 0 Å². The van der Waals surface area contributed by atoms with Crippen molar-refractivity contribution in [3.05, 3.63) is 15.9 Å². The zero-order chi connectivity index (χ0) is 15.8. The fourth-order valence-electron chi connectivity index (χ4n) is 2.36. The molecule has 21 heavy (non-hydrogen) atoms. The highest BCUT2D eigenvalue weighted by Gasteiger charge is 2.39. The Labute approximate surface area is 138 Å². The van der Waals surface area contributed by atoms with Gasteiger partial charge in [-0.2, -0.15) is 4.31 Å². The molecule has 1 saturated heterocycles. The molecule has 0 bridgehead atoms. The van der Waals surface area contributed by atoms with E-state index in [9.17, 15) is 16.8 Å². The van der Waals surface area contributed by atoms with Crippen LogP contribution in [0.4, 0.5) is 0 Å². The van der Waals surface area contributed by atoms with Gasteiger partial charge < -0.3 is 0 Å². The van der Waals surface area contributed by atoms with Crippen LogP contribution in [0.2, 0.25) is 0 Å². The summed E-state index contributed by atoms with van der Waals surface area (Å²) >= 11 is 4.41. The third kappa shape index (κ3) is 4.07. The summed E-state index contributed by atoms with van der Waals surface area (Å²) in [5, 5.41) is 0. The van der Waals surface area contributed by atoms with Crippen molar-refractivity contribution in [3.63, 3.8) is 0 Å². The Kier molecular flexibility index (Phi) is 5.19. The molecule has 0 radical (unpaired) electrons. The quantitative estimate of drug-likeness (QED) is 0.739. The fraction of sp³-hybridized carbons (Fsp3) is 0.667. The van der Waals surface area contributed by atoms with E-state index in [1.807, 2.05) is 13.8 Å². The lowest BCUT2D eigenvalue weighted by atomic mass is 10.2. The number of rotatable bonds is 5. The number of nitrogens with zero attached hydrogens (tertiary/aromatic N) is 1. The summed E-state index contributed by atoms with van der Waals surface area (Å²) in [6.45, 7) is 4.19. The number of sulfonamides is 1. The van der Waals surface area contributed by atoms with Gasteiger partial charge in [0.05, 0.1) is 15.3 Å². The standard InChI is InChI=1S/C12H18BrNO4S3/c1-9(2)7-14(10-5-6-20(15,16)8-10)21(17,18)12-4-3-11(13)19-12/h3-4,9-10H,5-8H2,1-2H3/t10-/m0/s1. The van der Waals surface area contributed by atoms with Crippen LogP contribution in [-0.2, 0) is 19.9 Å². The molecule has 0 aliphatic carbocycles. The van der Waals surface area contributed by atoms with Gasteiger partial charge in [0.2, 0.25) is 0 Å². The van der Waals surface area contributed by atoms with Crippen LogP contribution in [0.1, 0.15) is 20.3 Å². The summed E-state index contributed by atoms with van der Waals surface area (Å²) < 4.78 is 51.3. The lowest BCUT2D eigenvalue weighted by Crippen LogP contribution is -2.42. The molecular formula is C12H18BrNO4S3. The first-order valence-corrected chi connectivity index (χ1v) is 11.5. The van der Waals surface area contributed by atoms with Crippen molar-refractivity contribution >= 4 is 47.1 Å². The molecule has 120 valence electrons. The van der Waals surface area contributed by atoms with E-state index in [2.05, 4.69) is 15.9 Å².